The molecule has 0 spiro atoms. The Bertz CT molecular complexity index is 1800. The molecular weight excluding hydrogens is 552 g/mol. The van der Waals surface area contributed by atoms with Gasteiger partial charge in [-0.2, -0.15) is 5.26 Å². The number of hydrogen-bond donors (Lipinski definition) is 1. The van der Waals surface area contributed by atoms with Gasteiger partial charge in [0.05, 0.1) is 47.1 Å². The van der Waals surface area contributed by atoms with Gasteiger partial charge in [0, 0.05) is 23.7 Å². The van der Waals surface area contributed by atoms with Crippen LogP contribution >= 0.6 is 0 Å². The lowest BCUT2D eigenvalue weighted by atomic mass is 10.0. The summed E-state index contributed by atoms with van der Waals surface area (Å²) in [7, 11) is -3.37. The van der Waals surface area contributed by atoms with Gasteiger partial charge in [-0.05, 0) is 69.6 Å². The van der Waals surface area contributed by atoms with Crippen LogP contribution < -0.4 is 10.9 Å². The number of anilines is 1. The molecule has 0 radical (unpaired) electrons. The van der Waals surface area contributed by atoms with Gasteiger partial charge in [0.1, 0.15) is 5.52 Å². The fourth-order valence-corrected chi connectivity index (χ4v) is 6.24. The molecule has 42 heavy (non-hydrogen) atoms. The maximum Gasteiger partial charge on any atom is 0.295 e. The van der Waals surface area contributed by atoms with Crippen LogP contribution in [0.2, 0.25) is 0 Å². The van der Waals surface area contributed by atoms with E-state index in [-0.39, 0.29) is 40.5 Å². The van der Waals surface area contributed by atoms with Crippen LogP contribution in [0.4, 0.5) is 5.82 Å². The van der Waals surface area contributed by atoms with Crippen LogP contribution in [0.15, 0.2) is 57.1 Å². The molecule has 2 atom stereocenters. The zero-order valence-electron chi connectivity index (χ0n) is 24.0. The first-order valence-corrected chi connectivity index (χ1v) is 15.8. The van der Waals surface area contributed by atoms with E-state index in [0.717, 1.165) is 36.1 Å². The number of nitrogens with zero attached hydrogens (tertiary/aromatic N) is 7. The number of fused-ring (bicyclic) bond motifs is 1. The summed E-state index contributed by atoms with van der Waals surface area (Å²) in [6.45, 7) is 9.79. The number of hydrogen-bond acceptors (Lipinski definition) is 10. The number of rotatable bonds is 10. The van der Waals surface area contributed by atoms with E-state index in [2.05, 4.69) is 37.9 Å². The minimum Gasteiger partial charge on any atom is -0.360 e. The van der Waals surface area contributed by atoms with E-state index in [1.807, 2.05) is 13.8 Å². The Kier molecular flexibility index (Phi) is 8.31. The average Bonchev–Trinajstić information content (AvgIpc) is 3.74. The average molecular weight is 587 g/mol. The molecule has 2 aliphatic carbocycles. The number of allylic oxidation sites excluding steroid dienone is 3. The summed E-state index contributed by atoms with van der Waals surface area (Å²) in [6, 6.07) is 5.12. The Morgan fingerprint density at radius 3 is 2.64 bits per heavy atom. The van der Waals surface area contributed by atoms with Crippen molar-refractivity contribution in [3.05, 3.63) is 64.2 Å². The van der Waals surface area contributed by atoms with Gasteiger partial charge in [-0.25, -0.2) is 23.4 Å². The molecule has 1 N–H and O–H groups in total. The van der Waals surface area contributed by atoms with Crippen molar-refractivity contribution in [3.63, 3.8) is 0 Å². The van der Waals surface area contributed by atoms with Crippen molar-refractivity contribution >= 4 is 38.6 Å². The predicted molar refractivity (Wildman–Crippen MR) is 161 cm³/mol. The normalized spacial score (nSPS) is 19.6. The van der Waals surface area contributed by atoms with E-state index in [9.17, 15) is 18.5 Å². The molecule has 0 aliphatic heterocycles. The molecule has 12 heteroatoms. The van der Waals surface area contributed by atoms with Crippen LogP contribution in [0.5, 0.6) is 0 Å². The number of nitriles is 1. The van der Waals surface area contributed by atoms with Gasteiger partial charge in [0.15, 0.2) is 27.1 Å². The molecule has 0 amide bonds. The highest BCUT2D eigenvalue weighted by molar-refractivity contribution is 7.91. The molecule has 5 rings (SSSR count). The minimum absolute atomic E-state index is 0.0150. The van der Waals surface area contributed by atoms with E-state index in [4.69, 9.17) is 4.98 Å². The summed E-state index contributed by atoms with van der Waals surface area (Å²) in [4.78, 5) is 36.9. The molecule has 0 bridgehead atoms. The third-order valence-corrected chi connectivity index (χ3v) is 9.60. The maximum absolute atomic E-state index is 14.0. The zero-order valence-corrected chi connectivity index (χ0v) is 24.9. The molecule has 2 aliphatic rings. The molecule has 218 valence electrons. The fourth-order valence-electron chi connectivity index (χ4n) is 5.42. The summed E-state index contributed by atoms with van der Waals surface area (Å²) < 4.78 is 25.8. The summed E-state index contributed by atoms with van der Waals surface area (Å²) in [5.41, 5.74) is 3.37. The highest BCUT2D eigenvalue weighted by atomic mass is 32.2. The second-order valence-electron chi connectivity index (χ2n) is 10.7. The van der Waals surface area contributed by atoms with Crippen molar-refractivity contribution in [1.82, 2.24) is 24.5 Å². The topological polar surface area (TPSA) is 156 Å². The first-order valence-electron chi connectivity index (χ1n) is 14.2. The second kappa shape index (κ2) is 11.9. The molecule has 2 unspecified atom stereocenters. The van der Waals surface area contributed by atoms with Gasteiger partial charge in [-0.3, -0.25) is 19.3 Å². The summed E-state index contributed by atoms with van der Waals surface area (Å²) >= 11 is 0. The van der Waals surface area contributed by atoms with Crippen LogP contribution in [-0.4, -0.2) is 44.9 Å². The first-order chi connectivity index (χ1) is 20.2. The third-order valence-electron chi connectivity index (χ3n) is 7.88. The fraction of sp³-hybridized carbons (Fsp3) is 0.433. The molecular formula is C30H34N8O3S. The summed E-state index contributed by atoms with van der Waals surface area (Å²) in [5, 5.41) is 12.9. The van der Waals surface area contributed by atoms with Crippen molar-refractivity contribution in [2.24, 2.45) is 16.8 Å². The highest BCUT2D eigenvalue weighted by Crippen LogP contribution is 2.43. The lowest BCUT2D eigenvalue weighted by Gasteiger charge is -2.21. The molecule has 3 aromatic heterocycles. The van der Waals surface area contributed by atoms with Crippen LogP contribution in [0.1, 0.15) is 70.4 Å². The quantitative estimate of drug-likeness (QED) is 0.264. The Morgan fingerprint density at radius 1 is 1.21 bits per heavy atom. The Balaban J connectivity index is 1.58. The lowest BCUT2D eigenvalue weighted by molar-refractivity contribution is 0.447. The van der Waals surface area contributed by atoms with Crippen molar-refractivity contribution < 1.29 is 8.42 Å². The van der Waals surface area contributed by atoms with Crippen molar-refractivity contribution in [1.29, 1.82) is 5.26 Å². The second-order valence-corrected chi connectivity index (χ2v) is 12.9. The van der Waals surface area contributed by atoms with Gasteiger partial charge < -0.3 is 5.32 Å². The SMILES string of the molecule is C=C(/C(=C(/C)N=CC)c1ncc2nc(NCc3ccc(S(=O)(=O)CC)cn3)c(=O)n(C3CCCC3C#N)c2n1)C1CC1. The van der Waals surface area contributed by atoms with Gasteiger partial charge in [0.2, 0.25) is 0 Å². The number of pyridine rings is 1. The van der Waals surface area contributed by atoms with E-state index in [1.165, 1.54) is 12.3 Å². The Morgan fingerprint density at radius 2 is 2.00 bits per heavy atom. The number of sulfone groups is 1. The standard InChI is InChI=1S/C30H34N8O3S/c1-5-32-19(4)26(18(3)20-10-11-20)27-35-17-24-29(37-27)38(25-9-7-8-21(25)14-31)30(39)28(36-24)34-15-22-12-13-23(16-33-22)42(40,41)6-2/h5,12-13,16-17,20-21,25H,3,6-11,15H2,1-2,4H3,(H,34,36)/b26-19+,32-5?. The van der Waals surface area contributed by atoms with E-state index in [1.54, 1.807) is 30.0 Å². The maximum atomic E-state index is 14.0. The van der Waals surface area contributed by atoms with E-state index < -0.39 is 9.84 Å². The largest absolute Gasteiger partial charge is 0.360 e. The minimum atomic E-state index is -3.37. The molecule has 0 saturated heterocycles. The van der Waals surface area contributed by atoms with Gasteiger partial charge in [-0.15, -0.1) is 0 Å². The Labute approximate surface area is 245 Å². The van der Waals surface area contributed by atoms with Gasteiger partial charge in [0.25, 0.3) is 5.56 Å². The number of aliphatic imine (C=N–C) groups is 1. The van der Waals surface area contributed by atoms with Crippen LogP contribution in [0.3, 0.4) is 0 Å². The smallest absolute Gasteiger partial charge is 0.295 e. The molecule has 2 fully saturated rings. The molecule has 3 aromatic rings. The van der Waals surface area contributed by atoms with Crippen molar-refractivity contribution in [2.45, 2.75) is 70.4 Å². The molecule has 3 heterocycles. The number of nitrogens with one attached hydrogen (secondary N) is 1. The highest BCUT2D eigenvalue weighted by Gasteiger charge is 2.33. The van der Waals surface area contributed by atoms with E-state index >= 15 is 0 Å². The Hall–Kier alpha value is -4.24. The molecule has 2 saturated carbocycles. The van der Waals surface area contributed by atoms with Gasteiger partial charge >= 0.3 is 0 Å². The molecule has 11 nitrogen and oxygen atoms in total. The van der Waals surface area contributed by atoms with Gasteiger partial charge in [-0.1, -0.05) is 13.5 Å². The van der Waals surface area contributed by atoms with Crippen LogP contribution in [0.25, 0.3) is 16.7 Å². The van der Waals surface area contributed by atoms with Crippen LogP contribution in [-0.2, 0) is 16.4 Å². The van der Waals surface area contributed by atoms with E-state index in [0.29, 0.717) is 41.4 Å². The third kappa shape index (κ3) is 5.74. The monoisotopic (exact) mass is 586 g/mol. The zero-order chi connectivity index (χ0) is 30.0. The molecule has 0 aromatic carbocycles. The van der Waals surface area contributed by atoms with Crippen molar-refractivity contribution in [2.75, 3.05) is 11.1 Å². The number of aromatic nitrogens is 5. The first kappa shape index (κ1) is 29.3. The summed E-state index contributed by atoms with van der Waals surface area (Å²) in [6.07, 6.45) is 8.93. The van der Waals surface area contributed by atoms with Crippen molar-refractivity contribution in [3.8, 4) is 6.07 Å². The predicted octanol–water partition coefficient (Wildman–Crippen LogP) is 4.64. The van der Waals surface area contributed by atoms with Crippen LogP contribution in [0, 0.1) is 23.2 Å². The summed E-state index contributed by atoms with van der Waals surface area (Å²) in [5.74, 6) is 0.516. The lowest BCUT2D eigenvalue weighted by Crippen LogP contribution is -2.31.